The average molecular weight is 285 g/mol. The number of likely N-dealkylation sites (tertiary alicyclic amines) is 1. The summed E-state index contributed by atoms with van der Waals surface area (Å²) in [5.41, 5.74) is 1.55. The van der Waals surface area contributed by atoms with Crippen molar-refractivity contribution >= 4 is 5.91 Å². The highest BCUT2D eigenvalue weighted by molar-refractivity contribution is 5.94. The van der Waals surface area contributed by atoms with E-state index >= 15 is 0 Å². The van der Waals surface area contributed by atoms with Crippen molar-refractivity contribution in [3.8, 4) is 5.75 Å². The number of benzene rings is 2. The third-order valence-electron chi connectivity index (χ3n) is 3.91. The Kier molecular flexibility index (Phi) is 3.60. The first-order chi connectivity index (χ1) is 10.1. The van der Waals surface area contributed by atoms with Crippen LogP contribution >= 0.6 is 0 Å². The minimum Gasteiger partial charge on any atom is -0.508 e. The molecule has 0 saturated carbocycles. The Hall–Kier alpha value is -2.36. The van der Waals surface area contributed by atoms with Crippen LogP contribution in [-0.4, -0.2) is 29.0 Å². The van der Waals surface area contributed by atoms with E-state index in [1.807, 2.05) is 0 Å². The second-order valence-corrected chi connectivity index (χ2v) is 5.34. The highest BCUT2D eigenvalue weighted by atomic mass is 19.1. The topological polar surface area (TPSA) is 40.5 Å². The lowest BCUT2D eigenvalue weighted by Crippen LogP contribution is -2.28. The number of hydrogen-bond acceptors (Lipinski definition) is 2. The quantitative estimate of drug-likeness (QED) is 0.920. The van der Waals surface area contributed by atoms with Crippen LogP contribution in [0.5, 0.6) is 5.75 Å². The number of carbonyl (C=O) groups is 1. The summed E-state index contributed by atoms with van der Waals surface area (Å²) in [6, 6.07) is 12.9. The molecule has 0 aromatic heterocycles. The van der Waals surface area contributed by atoms with E-state index in [-0.39, 0.29) is 23.4 Å². The first-order valence-electron chi connectivity index (χ1n) is 6.97. The molecule has 0 unspecified atom stereocenters. The predicted molar refractivity (Wildman–Crippen MR) is 77.8 cm³/mol. The van der Waals surface area contributed by atoms with E-state index in [1.165, 1.54) is 18.2 Å². The van der Waals surface area contributed by atoms with Gasteiger partial charge >= 0.3 is 0 Å². The zero-order valence-corrected chi connectivity index (χ0v) is 11.5. The van der Waals surface area contributed by atoms with Gasteiger partial charge in [0.05, 0.1) is 0 Å². The van der Waals surface area contributed by atoms with Crippen molar-refractivity contribution in [3.05, 3.63) is 65.5 Å². The number of aromatic hydroxyl groups is 1. The number of hydrogen-bond donors (Lipinski definition) is 1. The van der Waals surface area contributed by atoms with Gasteiger partial charge in [0.1, 0.15) is 11.6 Å². The average Bonchev–Trinajstić information content (AvgIpc) is 2.97. The maximum Gasteiger partial charge on any atom is 0.254 e. The molecule has 1 heterocycles. The fourth-order valence-electron chi connectivity index (χ4n) is 2.77. The van der Waals surface area contributed by atoms with Crippen molar-refractivity contribution in [3.63, 3.8) is 0 Å². The highest BCUT2D eigenvalue weighted by Gasteiger charge is 2.28. The number of amides is 1. The molecule has 108 valence electrons. The molecular formula is C17H16FNO2. The van der Waals surface area contributed by atoms with Crippen LogP contribution in [0.25, 0.3) is 0 Å². The maximum absolute atomic E-state index is 12.9. The number of phenolic OH excluding ortho intramolecular Hbond substituents is 1. The maximum atomic E-state index is 12.9. The van der Waals surface area contributed by atoms with Crippen LogP contribution in [0.4, 0.5) is 4.39 Å². The van der Waals surface area contributed by atoms with Gasteiger partial charge in [-0.25, -0.2) is 4.39 Å². The van der Waals surface area contributed by atoms with Gasteiger partial charge in [-0.15, -0.1) is 0 Å². The fourth-order valence-corrected chi connectivity index (χ4v) is 2.77. The van der Waals surface area contributed by atoms with Crippen LogP contribution < -0.4 is 0 Å². The van der Waals surface area contributed by atoms with Crippen molar-refractivity contribution in [2.75, 3.05) is 13.1 Å². The van der Waals surface area contributed by atoms with Gasteiger partial charge in [0, 0.05) is 24.6 Å². The van der Waals surface area contributed by atoms with Crippen LogP contribution in [0.2, 0.25) is 0 Å². The van der Waals surface area contributed by atoms with E-state index in [0.717, 1.165) is 12.0 Å². The molecule has 0 aliphatic carbocycles. The van der Waals surface area contributed by atoms with Gasteiger partial charge in [0.15, 0.2) is 0 Å². The highest BCUT2D eigenvalue weighted by Crippen LogP contribution is 2.28. The van der Waals surface area contributed by atoms with Crippen molar-refractivity contribution in [2.45, 2.75) is 12.3 Å². The monoisotopic (exact) mass is 285 g/mol. The molecule has 0 bridgehead atoms. The van der Waals surface area contributed by atoms with Gasteiger partial charge in [-0.3, -0.25) is 4.79 Å². The number of phenols is 1. The van der Waals surface area contributed by atoms with Crippen LogP contribution in [0.3, 0.4) is 0 Å². The van der Waals surface area contributed by atoms with E-state index < -0.39 is 0 Å². The SMILES string of the molecule is O=C(c1cccc(O)c1)N1CC[C@H](c2ccc(F)cc2)C1. The summed E-state index contributed by atoms with van der Waals surface area (Å²) in [5.74, 6) is 0.0157. The Morgan fingerprint density at radius 3 is 2.67 bits per heavy atom. The third kappa shape index (κ3) is 2.89. The lowest BCUT2D eigenvalue weighted by molar-refractivity contribution is 0.0790. The van der Waals surface area contributed by atoms with Crippen LogP contribution in [0.1, 0.15) is 28.3 Å². The Balaban J connectivity index is 1.72. The van der Waals surface area contributed by atoms with Crippen LogP contribution in [0.15, 0.2) is 48.5 Å². The molecule has 1 aliphatic heterocycles. The molecule has 1 amide bonds. The number of nitrogens with zero attached hydrogens (tertiary/aromatic N) is 1. The van der Waals surface area contributed by atoms with Gasteiger partial charge in [0.25, 0.3) is 5.91 Å². The predicted octanol–water partition coefficient (Wildman–Crippen LogP) is 3.16. The molecule has 3 nitrogen and oxygen atoms in total. The summed E-state index contributed by atoms with van der Waals surface area (Å²) in [4.78, 5) is 14.2. The smallest absolute Gasteiger partial charge is 0.254 e. The summed E-state index contributed by atoms with van der Waals surface area (Å²) < 4.78 is 12.9. The first kappa shape index (κ1) is 13.6. The van der Waals surface area contributed by atoms with Gasteiger partial charge in [-0.1, -0.05) is 18.2 Å². The Bertz CT molecular complexity index is 654. The van der Waals surface area contributed by atoms with E-state index in [1.54, 1.807) is 35.2 Å². The summed E-state index contributed by atoms with van der Waals surface area (Å²) in [7, 11) is 0. The summed E-state index contributed by atoms with van der Waals surface area (Å²) in [6.07, 6.45) is 0.871. The second kappa shape index (κ2) is 5.56. The third-order valence-corrected chi connectivity index (χ3v) is 3.91. The van der Waals surface area contributed by atoms with E-state index in [9.17, 15) is 14.3 Å². The largest absolute Gasteiger partial charge is 0.508 e. The van der Waals surface area contributed by atoms with Crippen LogP contribution in [0, 0.1) is 5.82 Å². The van der Waals surface area contributed by atoms with E-state index in [0.29, 0.717) is 18.7 Å². The zero-order valence-electron chi connectivity index (χ0n) is 11.5. The van der Waals surface area contributed by atoms with E-state index in [2.05, 4.69) is 0 Å². The van der Waals surface area contributed by atoms with Crippen LogP contribution in [-0.2, 0) is 0 Å². The van der Waals surface area contributed by atoms with Crippen molar-refractivity contribution in [1.29, 1.82) is 0 Å². The normalized spacial score (nSPS) is 18.0. The summed E-state index contributed by atoms with van der Waals surface area (Å²) >= 11 is 0. The van der Waals surface area contributed by atoms with Gasteiger partial charge < -0.3 is 10.0 Å². The molecule has 21 heavy (non-hydrogen) atoms. The number of halogens is 1. The first-order valence-corrected chi connectivity index (χ1v) is 6.97. The lowest BCUT2D eigenvalue weighted by Gasteiger charge is -2.17. The lowest BCUT2D eigenvalue weighted by atomic mass is 9.98. The zero-order chi connectivity index (χ0) is 14.8. The number of rotatable bonds is 2. The second-order valence-electron chi connectivity index (χ2n) is 5.34. The molecule has 1 saturated heterocycles. The number of carbonyl (C=O) groups excluding carboxylic acids is 1. The van der Waals surface area contributed by atoms with Crippen molar-refractivity contribution in [1.82, 2.24) is 4.90 Å². The molecular weight excluding hydrogens is 269 g/mol. The molecule has 0 spiro atoms. The Morgan fingerprint density at radius 1 is 1.19 bits per heavy atom. The molecule has 3 rings (SSSR count). The molecule has 0 radical (unpaired) electrons. The van der Waals surface area contributed by atoms with Gasteiger partial charge in [-0.05, 0) is 42.3 Å². The Morgan fingerprint density at radius 2 is 1.95 bits per heavy atom. The summed E-state index contributed by atoms with van der Waals surface area (Å²) in [5, 5.41) is 9.45. The molecule has 1 fully saturated rings. The van der Waals surface area contributed by atoms with Crippen molar-refractivity contribution in [2.24, 2.45) is 0 Å². The molecule has 1 atom stereocenters. The Labute approximate surface area is 122 Å². The molecule has 4 heteroatoms. The minimum absolute atomic E-state index is 0.0736. The molecule has 1 aliphatic rings. The van der Waals surface area contributed by atoms with Gasteiger partial charge in [-0.2, -0.15) is 0 Å². The van der Waals surface area contributed by atoms with Crippen molar-refractivity contribution < 1.29 is 14.3 Å². The molecule has 1 N–H and O–H groups in total. The van der Waals surface area contributed by atoms with E-state index in [4.69, 9.17) is 0 Å². The fraction of sp³-hybridized carbons (Fsp3) is 0.235. The molecule has 2 aromatic rings. The van der Waals surface area contributed by atoms with Gasteiger partial charge in [0.2, 0.25) is 0 Å². The standard InChI is InChI=1S/C17H16FNO2/c18-15-6-4-12(5-7-15)14-8-9-19(11-14)17(21)13-2-1-3-16(20)10-13/h1-7,10,14,20H,8-9,11H2/t14-/m0/s1. The summed E-state index contributed by atoms with van der Waals surface area (Å²) in [6.45, 7) is 1.30. The molecule has 2 aromatic carbocycles. The minimum atomic E-state index is -0.246.